The maximum absolute atomic E-state index is 11.8. The molecule has 3 rings (SSSR count). The molecule has 5 heteroatoms. The van der Waals surface area contributed by atoms with Gasteiger partial charge in [-0.3, -0.25) is 4.79 Å². The van der Waals surface area contributed by atoms with Gasteiger partial charge in [0.25, 0.3) is 0 Å². The molecule has 0 atom stereocenters. The van der Waals surface area contributed by atoms with Crippen molar-refractivity contribution in [1.82, 2.24) is 4.98 Å². The molecule has 0 fully saturated rings. The van der Waals surface area contributed by atoms with E-state index in [4.69, 9.17) is 11.6 Å². The first-order valence-corrected chi connectivity index (χ1v) is 8.67. The summed E-state index contributed by atoms with van der Waals surface area (Å²) >= 11 is 8.01. The Kier molecular flexibility index (Phi) is 4.64. The van der Waals surface area contributed by atoms with Gasteiger partial charge in [0, 0.05) is 17.7 Å². The number of nitrogens with one attached hydrogen (secondary N) is 1. The minimum atomic E-state index is 0.00352. The van der Waals surface area contributed by atoms with E-state index in [0.717, 1.165) is 20.8 Å². The lowest BCUT2D eigenvalue weighted by Gasteiger charge is -2.09. The summed E-state index contributed by atoms with van der Waals surface area (Å²) in [6.07, 6.45) is 0.497. The van der Waals surface area contributed by atoms with E-state index in [2.05, 4.69) is 10.3 Å². The fourth-order valence-corrected chi connectivity index (χ4v) is 3.67. The van der Waals surface area contributed by atoms with Crippen LogP contribution in [0.1, 0.15) is 20.3 Å². The maximum Gasteiger partial charge on any atom is 0.224 e. The van der Waals surface area contributed by atoms with E-state index in [1.54, 1.807) is 17.4 Å². The Bertz CT molecular complexity index is 824. The Balaban J connectivity index is 1.85. The van der Waals surface area contributed by atoms with Crippen molar-refractivity contribution in [3.63, 3.8) is 0 Å². The maximum atomic E-state index is 11.8. The lowest BCUT2D eigenvalue weighted by atomic mass is 10.1. The van der Waals surface area contributed by atoms with Gasteiger partial charge in [-0.2, -0.15) is 0 Å². The smallest absolute Gasteiger partial charge is 0.224 e. The summed E-state index contributed by atoms with van der Waals surface area (Å²) in [6.45, 7) is 4.03. The zero-order chi connectivity index (χ0) is 16.4. The van der Waals surface area contributed by atoms with Crippen LogP contribution in [0.2, 0.25) is 5.02 Å². The number of hydrogen-bond acceptors (Lipinski definition) is 3. The molecule has 2 aromatic carbocycles. The molecule has 1 N–H and O–H groups in total. The van der Waals surface area contributed by atoms with Gasteiger partial charge in [-0.25, -0.2) is 4.98 Å². The number of halogens is 1. The van der Waals surface area contributed by atoms with E-state index in [1.165, 1.54) is 0 Å². The van der Waals surface area contributed by atoms with Crippen molar-refractivity contribution in [2.24, 2.45) is 5.92 Å². The third kappa shape index (κ3) is 3.71. The number of para-hydroxylation sites is 1. The number of nitrogens with zero attached hydrogens (tertiary/aromatic N) is 1. The molecule has 118 valence electrons. The highest BCUT2D eigenvalue weighted by Crippen LogP contribution is 2.35. The molecule has 1 aromatic heterocycles. The van der Waals surface area contributed by atoms with Crippen LogP contribution in [-0.2, 0) is 4.79 Å². The second kappa shape index (κ2) is 6.69. The second-order valence-corrected chi connectivity index (χ2v) is 7.27. The number of rotatable bonds is 4. The number of amides is 1. The average Bonchev–Trinajstić information content (AvgIpc) is 2.89. The Morgan fingerprint density at radius 2 is 2.04 bits per heavy atom. The van der Waals surface area contributed by atoms with Crippen LogP contribution < -0.4 is 5.32 Å². The standard InChI is InChI=1S/C18H17ClN2OS/c1-11(2)9-17(22)20-12-7-8-13(14(19)10-12)18-21-15-5-3-4-6-16(15)23-18/h3-8,10-11H,9H2,1-2H3,(H,20,22). The summed E-state index contributed by atoms with van der Waals surface area (Å²) in [4.78, 5) is 16.5. The number of benzene rings is 2. The number of aromatic nitrogens is 1. The van der Waals surface area contributed by atoms with Crippen LogP contribution >= 0.6 is 22.9 Å². The van der Waals surface area contributed by atoms with Gasteiger partial charge in [0.05, 0.1) is 15.2 Å². The number of hydrogen-bond donors (Lipinski definition) is 1. The normalized spacial score (nSPS) is 11.1. The summed E-state index contributed by atoms with van der Waals surface area (Å²) < 4.78 is 1.13. The Morgan fingerprint density at radius 1 is 1.26 bits per heavy atom. The molecule has 3 aromatic rings. The zero-order valence-electron chi connectivity index (χ0n) is 13.0. The molecule has 0 spiro atoms. The predicted molar refractivity (Wildman–Crippen MR) is 98.2 cm³/mol. The van der Waals surface area contributed by atoms with Crippen LogP contribution in [0.15, 0.2) is 42.5 Å². The van der Waals surface area contributed by atoms with Crippen LogP contribution in [-0.4, -0.2) is 10.9 Å². The van der Waals surface area contributed by atoms with Crippen LogP contribution in [0.25, 0.3) is 20.8 Å². The lowest BCUT2D eigenvalue weighted by molar-refractivity contribution is -0.116. The Morgan fingerprint density at radius 3 is 2.74 bits per heavy atom. The van der Waals surface area contributed by atoms with Crippen molar-refractivity contribution in [1.29, 1.82) is 0 Å². The average molecular weight is 345 g/mol. The van der Waals surface area contributed by atoms with E-state index in [-0.39, 0.29) is 5.91 Å². The molecule has 1 heterocycles. The van der Waals surface area contributed by atoms with E-state index in [0.29, 0.717) is 23.0 Å². The fourth-order valence-electron chi connectivity index (χ4n) is 2.34. The number of anilines is 1. The van der Waals surface area contributed by atoms with Gasteiger partial charge in [-0.1, -0.05) is 37.6 Å². The summed E-state index contributed by atoms with van der Waals surface area (Å²) in [5.41, 5.74) is 2.57. The topological polar surface area (TPSA) is 42.0 Å². The minimum Gasteiger partial charge on any atom is -0.326 e. The van der Waals surface area contributed by atoms with Gasteiger partial charge >= 0.3 is 0 Å². The molecular formula is C18H17ClN2OS. The second-order valence-electron chi connectivity index (χ2n) is 5.83. The van der Waals surface area contributed by atoms with Gasteiger partial charge < -0.3 is 5.32 Å². The van der Waals surface area contributed by atoms with Crippen molar-refractivity contribution >= 4 is 44.7 Å². The third-order valence-electron chi connectivity index (χ3n) is 3.37. The highest BCUT2D eigenvalue weighted by atomic mass is 35.5. The predicted octanol–water partition coefficient (Wildman–Crippen LogP) is 5.60. The Hall–Kier alpha value is -1.91. The fraction of sp³-hybridized carbons (Fsp3) is 0.222. The third-order valence-corrected chi connectivity index (χ3v) is 4.75. The van der Waals surface area contributed by atoms with Gasteiger partial charge in [0.15, 0.2) is 0 Å². The summed E-state index contributed by atoms with van der Waals surface area (Å²) in [7, 11) is 0. The van der Waals surface area contributed by atoms with Gasteiger partial charge in [0.2, 0.25) is 5.91 Å². The van der Waals surface area contributed by atoms with E-state index in [1.807, 2.05) is 50.2 Å². The van der Waals surface area contributed by atoms with E-state index >= 15 is 0 Å². The summed E-state index contributed by atoms with van der Waals surface area (Å²) in [6, 6.07) is 13.6. The van der Waals surface area contributed by atoms with Gasteiger partial charge in [0.1, 0.15) is 5.01 Å². The molecule has 0 unspecified atom stereocenters. The molecule has 23 heavy (non-hydrogen) atoms. The highest BCUT2D eigenvalue weighted by molar-refractivity contribution is 7.21. The van der Waals surface area contributed by atoms with Crippen molar-refractivity contribution < 1.29 is 4.79 Å². The molecule has 0 bridgehead atoms. The SMILES string of the molecule is CC(C)CC(=O)Nc1ccc(-c2nc3ccccc3s2)c(Cl)c1. The number of carbonyl (C=O) groups is 1. The molecule has 0 radical (unpaired) electrons. The Labute approximate surface area is 144 Å². The molecular weight excluding hydrogens is 328 g/mol. The molecule has 0 aliphatic carbocycles. The number of fused-ring (bicyclic) bond motifs is 1. The minimum absolute atomic E-state index is 0.00352. The van der Waals surface area contributed by atoms with Crippen molar-refractivity contribution in [3.05, 3.63) is 47.5 Å². The molecule has 0 saturated heterocycles. The zero-order valence-corrected chi connectivity index (χ0v) is 14.5. The largest absolute Gasteiger partial charge is 0.326 e. The van der Waals surface area contributed by atoms with Gasteiger partial charge in [-0.05, 0) is 36.2 Å². The van der Waals surface area contributed by atoms with Crippen molar-refractivity contribution in [2.75, 3.05) is 5.32 Å². The van der Waals surface area contributed by atoms with Gasteiger partial charge in [-0.15, -0.1) is 11.3 Å². The van der Waals surface area contributed by atoms with Crippen LogP contribution in [0.3, 0.4) is 0 Å². The number of carbonyl (C=O) groups excluding carboxylic acids is 1. The summed E-state index contributed by atoms with van der Waals surface area (Å²) in [5.74, 6) is 0.330. The first kappa shape index (κ1) is 16.0. The van der Waals surface area contributed by atoms with Crippen LogP contribution in [0, 0.1) is 5.92 Å². The molecule has 0 saturated carbocycles. The first-order chi connectivity index (χ1) is 11.0. The highest BCUT2D eigenvalue weighted by Gasteiger charge is 2.11. The van der Waals surface area contributed by atoms with E-state index in [9.17, 15) is 4.79 Å². The van der Waals surface area contributed by atoms with E-state index < -0.39 is 0 Å². The first-order valence-electron chi connectivity index (χ1n) is 7.48. The van der Waals surface area contributed by atoms with Crippen molar-refractivity contribution in [3.8, 4) is 10.6 Å². The molecule has 1 amide bonds. The molecule has 0 aliphatic heterocycles. The lowest BCUT2D eigenvalue weighted by Crippen LogP contribution is -2.13. The quantitative estimate of drug-likeness (QED) is 0.669. The monoisotopic (exact) mass is 344 g/mol. The summed E-state index contributed by atoms with van der Waals surface area (Å²) in [5, 5.41) is 4.35. The van der Waals surface area contributed by atoms with Crippen LogP contribution in [0.5, 0.6) is 0 Å². The molecule has 3 nitrogen and oxygen atoms in total. The van der Waals surface area contributed by atoms with Crippen LogP contribution in [0.4, 0.5) is 5.69 Å². The molecule has 0 aliphatic rings. The van der Waals surface area contributed by atoms with Crippen molar-refractivity contribution in [2.45, 2.75) is 20.3 Å². The number of thiazole rings is 1.